The number of carbonyl (C=O) groups is 4. The third-order valence-electron chi connectivity index (χ3n) is 8.29. The van der Waals surface area contributed by atoms with Crippen LogP contribution in [0, 0.1) is 0 Å². The van der Waals surface area contributed by atoms with E-state index in [1.165, 1.54) is 39.2 Å². The molecule has 44 heavy (non-hydrogen) atoms. The number of aliphatic hydroxyl groups excluding tert-OH is 1. The third kappa shape index (κ3) is 4.99. The number of aliphatic hydroxyl groups is 2. The van der Waals surface area contributed by atoms with E-state index in [1.54, 1.807) is 5.32 Å². The summed E-state index contributed by atoms with van der Waals surface area (Å²) < 4.78 is 55.4. The largest absolute Gasteiger partial charge is 0.507 e. The second kappa shape index (κ2) is 10.8. The molecule has 5 N–H and O–H groups in total. The van der Waals surface area contributed by atoms with Crippen LogP contribution in [-0.2, 0) is 25.5 Å². The Balaban J connectivity index is 1.60. The van der Waals surface area contributed by atoms with Crippen molar-refractivity contribution < 1.29 is 67.0 Å². The van der Waals surface area contributed by atoms with Gasteiger partial charge in [-0.15, -0.1) is 0 Å². The second-order valence-electron chi connectivity index (χ2n) is 11.0. The van der Waals surface area contributed by atoms with E-state index in [9.17, 15) is 52.8 Å². The highest BCUT2D eigenvalue weighted by Gasteiger charge is 2.50. The minimum Gasteiger partial charge on any atom is -0.507 e. The van der Waals surface area contributed by atoms with Crippen molar-refractivity contribution in [3.63, 3.8) is 0 Å². The first-order valence-electron chi connectivity index (χ1n) is 13.5. The number of fused-ring (bicyclic) bond motifs is 3. The van der Waals surface area contributed by atoms with Gasteiger partial charge in [0.2, 0.25) is 5.78 Å². The van der Waals surface area contributed by atoms with E-state index in [0.717, 1.165) is 0 Å². The molecule has 0 bridgehead atoms. The highest BCUT2D eigenvalue weighted by atomic mass is 19.4. The normalized spacial score (nSPS) is 27.2. The molecule has 2 aromatic rings. The van der Waals surface area contributed by atoms with Crippen LogP contribution in [0.2, 0.25) is 0 Å². The molecule has 1 fully saturated rings. The predicted octanol–water partition coefficient (Wildman–Crippen LogP) is 1.75. The lowest BCUT2D eigenvalue weighted by atomic mass is 9.71. The van der Waals surface area contributed by atoms with Crippen LogP contribution in [0.15, 0.2) is 18.2 Å². The highest BCUT2D eigenvalue weighted by molar-refractivity contribution is 6.31. The molecule has 236 valence electrons. The van der Waals surface area contributed by atoms with Gasteiger partial charge in [-0.2, -0.15) is 13.2 Å². The van der Waals surface area contributed by atoms with Crippen molar-refractivity contribution in [1.82, 2.24) is 5.32 Å². The number of phenols is 2. The number of rotatable bonds is 5. The Hall–Kier alpha value is -4.05. The van der Waals surface area contributed by atoms with Gasteiger partial charge in [0, 0.05) is 36.0 Å². The number of Topliss-reactive ketones (excluding diaryl/α,β-unsaturated/α-hetero) is 1. The zero-order valence-corrected chi connectivity index (χ0v) is 23.5. The number of ether oxygens (including phenoxy) is 3. The Morgan fingerprint density at radius 3 is 2.39 bits per heavy atom. The average Bonchev–Trinajstić information content (AvgIpc) is 2.94. The molecular weight excluding hydrogens is 595 g/mol. The molecule has 15 heteroatoms. The molecule has 1 saturated heterocycles. The molecule has 3 aliphatic rings. The summed E-state index contributed by atoms with van der Waals surface area (Å²) in [4.78, 5) is 51.3. The standard InChI is InChI=1S/C29H28F3NO11/c1-10-22(35)14(33-27(40)29(30,31)32)7-17(43-10)44-16-9-28(41,11(2)34)8-13-19(16)26(39)21-20(24(13)37)23(36)12-5-4-6-15(42-3)18(12)25(21)38/h4-6,10-11,14,16-17,34,37,39,41H,7-9H2,1-3H3,(H,33,40)/t10-,11?,14-,16-,17-,28-/m0/s1. The van der Waals surface area contributed by atoms with Gasteiger partial charge in [-0.05, 0) is 19.9 Å². The van der Waals surface area contributed by atoms with Crippen molar-refractivity contribution in [3.05, 3.63) is 51.6 Å². The number of amides is 1. The van der Waals surface area contributed by atoms with Gasteiger partial charge in [-0.1, -0.05) is 12.1 Å². The third-order valence-corrected chi connectivity index (χ3v) is 8.29. The van der Waals surface area contributed by atoms with E-state index in [0.29, 0.717) is 0 Å². The number of hydrogen-bond donors (Lipinski definition) is 5. The number of alkyl halides is 3. The zero-order valence-electron chi connectivity index (χ0n) is 23.5. The molecule has 0 saturated carbocycles. The summed E-state index contributed by atoms with van der Waals surface area (Å²) in [5.74, 6) is -6.40. The molecule has 1 amide bonds. The number of carbonyl (C=O) groups excluding carboxylic acids is 4. The Morgan fingerprint density at radius 1 is 1.11 bits per heavy atom. The molecule has 1 unspecified atom stereocenters. The minimum absolute atomic E-state index is 0.0283. The van der Waals surface area contributed by atoms with Crippen molar-refractivity contribution in [1.29, 1.82) is 0 Å². The van der Waals surface area contributed by atoms with Crippen molar-refractivity contribution in [3.8, 4) is 17.2 Å². The topological polar surface area (TPSA) is 189 Å². The molecule has 0 radical (unpaired) electrons. The van der Waals surface area contributed by atoms with Crippen molar-refractivity contribution in [2.24, 2.45) is 0 Å². The summed E-state index contributed by atoms with van der Waals surface area (Å²) >= 11 is 0. The summed E-state index contributed by atoms with van der Waals surface area (Å²) in [5, 5.41) is 46.3. The maximum absolute atomic E-state index is 13.7. The first kappa shape index (κ1) is 31.4. The molecule has 0 spiro atoms. The van der Waals surface area contributed by atoms with Crippen LogP contribution in [-0.4, -0.2) is 87.1 Å². The molecule has 12 nitrogen and oxygen atoms in total. The van der Waals surface area contributed by atoms with Crippen molar-refractivity contribution >= 4 is 23.3 Å². The van der Waals surface area contributed by atoms with Crippen LogP contribution in [0.4, 0.5) is 13.2 Å². The Kier molecular flexibility index (Phi) is 7.73. The average molecular weight is 624 g/mol. The van der Waals surface area contributed by atoms with Crippen LogP contribution < -0.4 is 10.1 Å². The SMILES string of the molecule is COc1cccc2c1C(=O)c1c(O)c3c(c(O)c1C2=O)C[C@@](O)(C(C)O)C[C@@H]3O[C@H]1C[C@H](NC(=O)C(F)(F)F)C(=O)[C@H](C)O1. The van der Waals surface area contributed by atoms with Gasteiger partial charge in [0.05, 0.1) is 47.7 Å². The lowest BCUT2D eigenvalue weighted by molar-refractivity contribution is -0.228. The Labute approximate surface area is 247 Å². The molecule has 5 rings (SSSR count). The van der Waals surface area contributed by atoms with E-state index < -0.39 is 108 Å². The van der Waals surface area contributed by atoms with E-state index in [-0.39, 0.29) is 28.0 Å². The van der Waals surface area contributed by atoms with E-state index in [4.69, 9.17) is 14.2 Å². The number of nitrogens with one attached hydrogen (secondary N) is 1. The smallest absolute Gasteiger partial charge is 0.471 e. The number of hydrogen-bond acceptors (Lipinski definition) is 11. The number of methoxy groups -OCH3 is 1. The highest BCUT2D eigenvalue weighted by Crippen LogP contribution is 2.52. The van der Waals surface area contributed by atoms with Crippen LogP contribution in [0.3, 0.4) is 0 Å². The first-order valence-corrected chi connectivity index (χ1v) is 13.5. The quantitative estimate of drug-likeness (QED) is 0.261. The molecule has 1 heterocycles. The van der Waals surface area contributed by atoms with Gasteiger partial charge < -0.3 is 40.0 Å². The molecule has 6 atom stereocenters. The van der Waals surface area contributed by atoms with E-state index >= 15 is 0 Å². The fraction of sp³-hybridized carbons (Fsp3) is 0.448. The van der Waals surface area contributed by atoms with Gasteiger partial charge in [0.25, 0.3) is 0 Å². The minimum atomic E-state index is -5.28. The first-order chi connectivity index (χ1) is 20.5. The molecule has 0 aromatic heterocycles. The number of benzene rings is 2. The number of ketones is 3. The van der Waals surface area contributed by atoms with E-state index in [1.807, 2.05) is 0 Å². The Bertz CT molecular complexity index is 1590. The summed E-state index contributed by atoms with van der Waals surface area (Å²) in [6.07, 6.45) is -12.7. The predicted molar refractivity (Wildman–Crippen MR) is 140 cm³/mol. The number of phenolic OH excluding ortho intramolecular Hbond substituents is 2. The zero-order chi connectivity index (χ0) is 32.5. The fourth-order valence-electron chi connectivity index (χ4n) is 5.96. The molecule has 2 aliphatic carbocycles. The van der Waals surface area contributed by atoms with Crippen LogP contribution in [0.1, 0.15) is 75.8 Å². The summed E-state index contributed by atoms with van der Waals surface area (Å²) in [5.41, 5.74) is -3.87. The summed E-state index contributed by atoms with van der Waals surface area (Å²) in [6.45, 7) is 2.47. The van der Waals surface area contributed by atoms with Crippen LogP contribution in [0.5, 0.6) is 17.2 Å². The van der Waals surface area contributed by atoms with Gasteiger partial charge in [0.15, 0.2) is 17.9 Å². The molecular formula is C29H28F3NO11. The maximum Gasteiger partial charge on any atom is 0.471 e. The number of aromatic hydroxyl groups is 2. The summed E-state index contributed by atoms with van der Waals surface area (Å²) in [6, 6.07) is 2.55. The van der Waals surface area contributed by atoms with Gasteiger partial charge in [-0.3, -0.25) is 19.2 Å². The second-order valence-corrected chi connectivity index (χ2v) is 11.0. The maximum atomic E-state index is 13.7. The molecule has 2 aromatic carbocycles. The summed E-state index contributed by atoms with van der Waals surface area (Å²) in [7, 11) is 1.27. The van der Waals surface area contributed by atoms with Crippen LogP contribution >= 0.6 is 0 Å². The Morgan fingerprint density at radius 2 is 1.77 bits per heavy atom. The van der Waals surface area contributed by atoms with Crippen molar-refractivity contribution in [2.45, 2.75) is 75.5 Å². The molecule has 1 aliphatic heterocycles. The van der Waals surface area contributed by atoms with Gasteiger partial charge >= 0.3 is 12.1 Å². The fourth-order valence-corrected chi connectivity index (χ4v) is 5.96. The van der Waals surface area contributed by atoms with Crippen LogP contribution in [0.25, 0.3) is 0 Å². The lowest BCUT2D eigenvalue weighted by Gasteiger charge is -2.43. The lowest BCUT2D eigenvalue weighted by Crippen LogP contribution is -2.55. The van der Waals surface area contributed by atoms with Gasteiger partial charge in [-0.25, -0.2) is 0 Å². The van der Waals surface area contributed by atoms with E-state index in [2.05, 4.69) is 0 Å². The monoisotopic (exact) mass is 623 g/mol. The van der Waals surface area contributed by atoms with Gasteiger partial charge in [0.1, 0.15) is 23.4 Å². The number of halogens is 3. The van der Waals surface area contributed by atoms with Crippen molar-refractivity contribution in [2.75, 3.05) is 7.11 Å².